The minimum absolute atomic E-state index is 0.0480. The molecule has 2 aromatic carbocycles. The minimum Gasteiger partial charge on any atom is -0.340 e. The maximum absolute atomic E-state index is 14.4. The van der Waals surface area contributed by atoms with E-state index >= 15 is 0 Å². The van der Waals surface area contributed by atoms with Crippen LogP contribution in [0.5, 0.6) is 0 Å². The number of hydrogen-bond donors (Lipinski definition) is 3. The fraction of sp³-hybridized carbons (Fsp3) is 0.424. The lowest BCUT2D eigenvalue weighted by Crippen LogP contribution is -2.61. The second-order valence-electron chi connectivity index (χ2n) is 12.7. The Morgan fingerprint density at radius 2 is 1.80 bits per heavy atom. The zero-order valence-electron chi connectivity index (χ0n) is 26.4. The van der Waals surface area contributed by atoms with Crippen LogP contribution in [-0.4, -0.2) is 85.9 Å². The van der Waals surface area contributed by atoms with Crippen LogP contribution in [0.25, 0.3) is 10.1 Å². The van der Waals surface area contributed by atoms with E-state index in [2.05, 4.69) is 11.4 Å². The Morgan fingerprint density at radius 3 is 2.47 bits per heavy atom. The topological polar surface area (TPSA) is 171 Å². The number of amides is 4. The van der Waals surface area contributed by atoms with E-state index in [-0.39, 0.29) is 53.2 Å². The highest BCUT2D eigenvalue weighted by molar-refractivity contribution is 7.52. The summed E-state index contributed by atoms with van der Waals surface area (Å²) in [6.45, 7) is 1.73. The molecule has 3 aliphatic rings. The first kappa shape index (κ1) is 34.6. The van der Waals surface area contributed by atoms with Crippen molar-refractivity contribution >= 4 is 52.6 Å². The van der Waals surface area contributed by atoms with Gasteiger partial charge in [-0.15, -0.1) is 11.3 Å². The molecule has 16 heteroatoms. The summed E-state index contributed by atoms with van der Waals surface area (Å²) in [7, 11) is -5.81. The molecule has 49 heavy (non-hydrogen) atoms. The molecule has 0 aliphatic carbocycles. The minimum atomic E-state index is -5.81. The number of benzene rings is 2. The Labute approximate surface area is 284 Å². The molecule has 3 aromatic rings. The predicted molar refractivity (Wildman–Crippen MR) is 174 cm³/mol. The average molecular weight is 714 g/mol. The number of hydrogen-bond acceptors (Lipinski definition) is 7. The number of halogens is 2. The molecule has 3 saturated heterocycles. The largest absolute Gasteiger partial charge is 0.399 e. The first-order valence-electron chi connectivity index (χ1n) is 15.8. The smallest absolute Gasteiger partial charge is 0.340 e. The molecule has 6 rings (SSSR count). The van der Waals surface area contributed by atoms with Gasteiger partial charge in [-0.2, -0.15) is 14.0 Å². The zero-order valence-corrected chi connectivity index (χ0v) is 28.1. The maximum atomic E-state index is 14.4. The molecule has 1 aromatic heterocycles. The monoisotopic (exact) mass is 713 g/mol. The van der Waals surface area contributed by atoms with E-state index in [1.807, 2.05) is 30.3 Å². The number of carbonyl (C=O) groups excluding carboxylic acids is 4. The molecule has 3 aliphatic heterocycles. The van der Waals surface area contributed by atoms with Crippen molar-refractivity contribution in [2.24, 2.45) is 5.92 Å². The van der Waals surface area contributed by atoms with Gasteiger partial charge < -0.3 is 29.8 Å². The van der Waals surface area contributed by atoms with Gasteiger partial charge in [0.25, 0.3) is 5.91 Å². The van der Waals surface area contributed by atoms with E-state index in [4.69, 9.17) is 9.79 Å². The Hall–Kier alpha value is -4.22. The van der Waals surface area contributed by atoms with Crippen LogP contribution < -0.4 is 5.32 Å². The van der Waals surface area contributed by atoms with E-state index in [0.717, 1.165) is 29.0 Å². The quantitative estimate of drug-likeness (QED) is 0.323. The van der Waals surface area contributed by atoms with Crippen molar-refractivity contribution in [3.05, 3.63) is 70.6 Å². The summed E-state index contributed by atoms with van der Waals surface area (Å²) in [5.41, 5.74) is -4.45. The molecular weight excluding hydrogens is 679 g/mol. The van der Waals surface area contributed by atoms with Gasteiger partial charge in [0, 0.05) is 42.9 Å². The summed E-state index contributed by atoms with van der Waals surface area (Å²) in [6.07, 6.45) is 1.80. The summed E-state index contributed by atoms with van der Waals surface area (Å²) in [6, 6.07) is 13.2. The van der Waals surface area contributed by atoms with Gasteiger partial charge in [-0.3, -0.25) is 23.7 Å². The van der Waals surface area contributed by atoms with Crippen LogP contribution in [0, 0.1) is 17.2 Å². The molecule has 4 heterocycles. The second kappa shape index (κ2) is 13.2. The molecule has 3 N–H and O–H groups in total. The first-order chi connectivity index (χ1) is 23.2. The van der Waals surface area contributed by atoms with Crippen LogP contribution in [-0.2, 0) is 24.6 Å². The molecule has 0 spiro atoms. The van der Waals surface area contributed by atoms with Gasteiger partial charge in [-0.25, -0.2) is 0 Å². The summed E-state index contributed by atoms with van der Waals surface area (Å²) in [5.74, 6) is -2.19. The third-order valence-electron chi connectivity index (χ3n) is 9.63. The number of fused-ring (bicyclic) bond motifs is 2. The summed E-state index contributed by atoms with van der Waals surface area (Å²) in [4.78, 5) is 77.7. The maximum Gasteiger partial charge on any atom is 0.399 e. The average Bonchev–Trinajstić information content (AvgIpc) is 3.81. The lowest BCUT2D eigenvalue weighted by molar-refractivity contribution is -0.149. The highest BCUT2D eigenvalue weighted by atomic mass is 32.1. The van der Waals surface area contributed by atoms with E-state index in [9.17, 15) is 37.8 Å². The van der Waals surface area contributed by atoms with Crippen LogP contribution in [0.4, 0.5) is 8.78 Å². The van der Waals surface area contributed by atoms with Crippen molar-refractivity contribution in [3.8, 4) is 6.07 Å². The SMILES string of the molecule is CC(=O)N1CC[C@H]2CC[C@@H](C(=O)N3CC(C#N)CC3c3ccccc3)N2C(=O)C(NC(=O)c2cc3cc(C(F)(F)P(=O)(O)O)ccc3s2)C1. The van der Waals surface area contributed by atoms with Crippen molar-refractivity contribution < 1.29 is 42.3 Å². The lowest BCUT2D eigenvalue weighted by Gasteiger charge is -2.39. The Kier molecular flexibility index (Phi) is 9.36. The number of alkyl halides is 2. The van der Waals surface area contributed by atoms with Crippen LogP contribution in [0.2, 0.25) is 0 Å². The van der Waals surface area contributed by atoms with Crippen LogP contribution >= 0.6 is 18.9 Å². The Morgan fingerprint density at radius 1 is 1.06 bits per heavy atom. The molecule has 0 saturated carbocycles. The van der Waals surface area contributed by atoms with Crippen molar-refractivity contribution in [1.82, 2.24) is 20.0 Å². The van der Waals surface area contributed by atoms with Gasteiger partial charge in [-0.05, 0) is 54.8 Å². The van der Waals surface area contributed by atoms with E-state index in [1.54, 1.807) is 4.90 Å². The predicted octanol–water partition coefficient (Wildman–Crippen LogP) is 3.95. The van der Waals surface area contributed by atoms with E-state index in [0.29, 0.717) is 36.9 Å². The molecule has 3 unspecified atom stereocenters. The number of nitrogens with zero attached hydrogens (tertiary/aromatic N) is 4. The lowest BCUT2D eigenvalue weighted by atomic mass is 10.0. The standard InChI is InChI=1S/C33H34F2N5O7PS/c1-19(41)38-12-11-24-8-9-26(32(44)39-17-20(16-36)13-27(39)21-5-3-2-4-6-21)40(24)31(43)25(18-38)37-30(42)29-15-22-14-23(7-10-28(22)49-29)33(34,35)48(45,46)47/h2-7,10,14-15,20,24-27H,8-9,11-13,17-18H2,1H3,(H,37,42)(H2,45,46,47)/t20?,24-,25?,26+,27?/m1/s1. The molecule has 0 bridgehead atoms. The van der Waals surface area contributed by atoms with E-state index < -0.39 is 42.7 Å². The Bertz CT molecular complexity index is 1900. The first-order valence-corrected chi connectivity index (χ1v) is 18.2. The van der Waals surface area contributed by atoms with Gasteiger partial charge in [0.05, 0.1) is 22.9 Å². The number of rotatable bonds is 6. The van der Waals surface area contributed by atoms with Crippen LogP contribution in [0.3, 0.4) is 0 Å². The highest BCUT2D eigenvalue weighted by Gasteiger charge is 2.51. The summed E-state index contributed by atoms with van der Waals surface area (Å²) >= 11 is 0.937. The van der Waals surface area contributed by atoms with Crippen molar-refractivity contribution in [2.45, 2.75) is 62.4 Å². The molecular formula is C33H34F2N5O7PS. The molecule has 12 nitrogen and oxygen atoms in total. The summed E-state index contributed by atoms with van der Waals surface area (Å²) in [5, 5.41) is 12.6. The molecule has 258 valence electrons. The number of nitriles is 1. The molecule has 3 fully saturated rings. The summed E-state index contributed by atoms with van der Waals surface area (Å²) < 4.78 is 40.5. The highest BCUT2D eigenvalue weighted by Crippen LogP contribution is 2.59. The number of nitrogens with one attached hydrogen (secondary N) is 1. The number of thiophene rings is 1. The second-order valence-corrected chi connectivity index (χ2v) is 15.4. The van der Waals surface area contributed by atoms with Gasteiger partial charge >= 0.3 is 13.3 Å². The Balaban J connectivity index is 1.27. The normalized spacial score (nSPS) is 24.7. The fourth-order valence-electron chi connectivity index (χ4n) is 7.11. The number of likely N-dealkylation sites (tertiary alicyclic amines) is 1. The molecule has 5 atom stereocenters. The van der Waals surface area contributed by atoms with Gasteiger partial charge in [-0.1, -0.05) is 36.4 Å². The third kappa shape index (κ3) is 6.58. The van der Waals surface area contributed by atoms with Crippen molar-refractivity contribution in [2.75, 3.05) is 19.6 Å². The van der Waals surface area contributed by atoms with Gasteiger partial charge in [0.2, 0.25) is 17.7 Å². The molecule has 0 radical (unpaired) electrons. The van der Waals surface area contributed by atoms with Crippen LogP contribution in [0.1, 0.15) is 59.4 Å². The third-order valence-corrected chi connectivity index (χ3v) is 11.7. The van der Waals surface area contributed by atoms with Crippen LogP contribution in [0.15, 0.2) is 54.6 Å². The van der Waals surface area contributed by atoms with Gasteiger partial charge in [0.1, 0.15) is 12.1 Å². The fourth-order valence-corrected chi connectivity index (χ4v) is 8.53. The van der Waals surface area contributed by atoms with E-state index in [1.165, 1.54) is 28.9 Å². The van der Waals surface area contributed by atoms with Gasteiger partial charge in [0.15, 0.2) is 0 Å². The number of carbonyl (C=O) groups is 4. The van der Waals surface area contributed by atoms with Crippen molar-refractivity contribution in [1.29, 1.82) is 5.26 Å². The van der Waals surface area contributed by atoms with Crippen molar-refractivity contribution in [3.63, 3.8) is 0 Å². The molecule has 4 amide bonds. The zero-order chi connectivity index (χ0) is 35.2.